The lowest BCUT2D eigenvalue weighted by Crippen LogP contribution is -2.21. The Bertz CT molecular complexity index is 380. The van der Waals surface area contributed by atoms with Crippen molar-refractivity contribution in [2.45, 2.75) is 6.18 Å². The largest absolute Gasteiger partial charge is 0.490 e. The van der Waals surface area contributed by atoms with Gasteiger partial charge in [-0.3, -0.25) is 4.98 Å². The molecule has 94 valence electrons. The molecule has 1 aromatic heterocycles. The highest BCUT2D eigenvalue weighted by molar-refractivity contribution is 5.86. The van der Waals surface area contributed by atoms with Crippen LogP contribution in [0.1, 0.15) is 10.5 Å². The summed E-state index contributed by atoms with van der Waals surface area (Å²) in [5.41, 5.74) is 0.227. The predicted octanol–water partition coefficient (Wildman–Crippen LogP) is 0.896. The van der Waals surface area contributed by atoms with Gasteiger partial charge in [0.1, 0.15) is 0 Å². The van der Waals surface area contributed by atoms with E-state index in [4.69, 9.17) is 9.90 Å². The molecular formula is C8H7F3N2O4. The van der Waals surface area contributed by atoms with Crippen molar-refractivity contribution in [1.29, 1.82) is 0 Å². The van der Waals surface area contributed by atoms with E-state index in [1.807, 2.05) is 0 Å². The number of carbonyl (C=O) groups is 2. The zero-order chi connectivity index (χ0) is 13.5. The van der Waals surface area contributed by atoms with Gasteiger partial charge in [0.25, 0.3) is 0 Å². The number of carbonyl (C=O) groups excluding carboxylic acids is 1. The van der Waals surface area contributed by atoms with Gasteiger partial charge in [-0.1, -0.05) is 0 Å². The normalized spacial score (nSPS) is 9.88. The maximum atomic E-state index is 10.7. The molecule has 0 unspecified atom stereocenters. The van der Waals surface area contributed by atoms with Gasteiger partial charge in [-0.25, -0.2) is 14.6 Å². The molecule has 0 aliphatic rings. The first-order valence-corrected chi connectivity index (χ1v) is 3.93. The van der Waals surface area contributed by atoms with Gasteiger partial charge in [0.15, 0.2) is 5.69 Å². The molecule has 1 N–H and O–H groups in total. The fourth-order valence-corrected chi connectivity index (χ4v) is 0.509. The maximum Gasteiger partial charge on any atom is 0.490 e. The monoisotopic (exact) mass is 252 g/mol. The highest BCUT2D eigenvalue weighted by Gasteiger charge is 2.38. The molecule has 0 saturated heterocycles. The Labute approximate surface area is 93.1 Å². The van der Waals surface area contributed by atoms with Crippen LogP contribution < -0.4 is 0 Å². The molecule has 0 bridgehead atoms. The number of ether oxygens (including phenoxy) is 1. The lowest BCUT2D eigenvalue weighted by molar-refractivity contribution is -0.192. The minimum absolute atomic E-state index is 0.227. The number of methoxy groups -OCH3 is 1. The number of nitrogens with zero attached hydrogens (tertiary/aromatic N) is 2. The Morgan fingerprint density at radius 1 is 1.35 bits per heavy atom. The Kier molecular flexibility index (Phi) is 5.58. The summed E-state index contributed by atoms with van der Waals surface area (Å²) in [6.45, 7) is 0. The van der Waals surface area contributed by atoms with Crippen molar-refractivity contribution in [2.24, 2.45) is 0 Å². The Morgan fingerprint density at radius 3 is 2.18 bits per heavy atom. The van der Waals surface area contributed by atoms with Crippen molar-refractivity contribution in [3.05, 3.63) is 24.3 Å². The van der Waals surface area contributed by atoms with Gasteiger partial charge in [0.2, 0.25) is 0 Å². The third-order valence-corrected chi connectivity index (χ3v) is 1.20. The molecule has 0 atom stereocenters. The van der Waals surface area contributed by atoms with Crippen LogP contribution in [-0.2, 0) is 9.53 Å². The summed E-state index contributed by atoms with van der Waals surface area (Å²) >= 11 is 0. The Balaban J connectivity index is 0.000000325. The molecule has 1 heterocycles. The zero-order valence-electron chi connectivity index (χ0n) is 8.43. The molecule has 0 fully saturated rings. The van der Waals surface area contributed by atoms with Gasteiger partial charge in [0, 0.05) is 12.4 Å². The van der Waals surface area contributed by atoms with E-state index in [0.717, 1.165) is 0 Å². The molecule has 0 aliphatic heterocycles. The molecule has 0 amide bonds. The molecule has 0 radical (unpaired) electrons. The molecular weight excluding hydrogens is 245 g/mol. The molecule has 6 nitrogen and oxygen atoms in total. The van der Waals surface area contributed by atoms with Crippen molar-refractivity contribution in [1.82, 2.24) is 9.97 Å². The SMILES string of the molecule is COC(=O)c1cnccn1.O=C(O)C(F)(F)F. The van der Waals surface area contributed by atoms with Crippen LogP contribution in [0.15, 0.2) is 18.6 Å². The number of rotatable bonds is 1. The van der Waals surface area contributed by atoms with Crippen molar-refractivity contribution >= 4 is 11.9 Å². The number of carboxylic acids is 1. The van der Waals surface area contributed by atoms with Crippen LogP contribution in [-0.4, -0.2) is 40.3 Å². The summed E-state index contributed by atoms with van der Waals surface area (Å²) in [6.07, 6.45) is -0.801. The number of halogens is 3. The fraction of sp³-hybridized carbons (Fsp3) is 0.250. The van der Waals surface area contributed by atoms with E-state index in [0.29, 0.717) is 0 Å². The first-order valence-electron chi connectivity index (χ1n) is 3.93. The molecule has 0 aromatic carbocycles. The first kappa shape index (κ1) is 14.8. The second-order valence-corrected chi connectivity index (χ2v) is 2.39. The summed E-state index contributed by atoms with van der Waals surface area (Å²) < 4.78 is 36.1. The summed E-state index contributed by atoms with van der Waals surface area (Å²) in [6, 6.07) is 0. The number of esters is 1. The van der Waals surface area contributed by atoms with E-state index in [1.54, 1.807) is 0 Å². The van der Waals surface area contributed by atoms with E-state index in [9.17, 15) is 18.0 Å². The maximum absolute atomic E-state index is 10.7. The fourth-order valence-electron chi connectivity index (χ4n) is 0.509. The number of aliphatic carboxylic acids is 1. The third-order valence-electron chi connectivity index (χ3n) is 1.20. The van der Waals surface area contributed by atoms with Gasteiger partial charge in [-0.15, -0.1) is 0 Å². The zero-order valence-corrected chi connectivity index (χ0v) is 8.43. The standard InChI is InChI=1S/C6H6N2O2.C2HF3O2/c1-10-6(9)5-4-7-2-3-8-5;3-2(4,5)1(6)7/h2-4H,1H3;(H,6,7). The van der Waals surface area contributed by atoms with Crippen LogP contribution in [0.25, 0.3) is 0 Å². The predicted molar refractivity (Wildman–Crippen MR) is 47.1 cm³/mol. The average Bonchev–Trinajstić information content (AvgIpc) is 2.28. The lowest BCUT2D eigenvalue weighted by Gasteiger charge is -1.93. The molecule has 0 aliphatic carbocycles. The minimum Gasteiger partial charge on any atom is -0.475 e. The van der Waals surface area contributed by atoms with Gasteiger partial charge < -0.3 is 9.84 Å². The number of carboxylic acid groups (broad SMARTS) is 1. The van der Waals surface area contributed by atoms with E-state index in [2.05, 4.69) is 14.7 Å². The quantitative estimate of drug-likeness (QED) is 0.747. The van der Waals surface area contributed by atoms with Crippen LogP contribution in [0.2, 0.25) is 0 Å². The lowest BCUT2D eigenvalue weighted by atomic mass is 10.5. The molecule has 0 spiro atoms. The summed E-state index contributed by atoms with van der Waals surface area (Å²) in [4.78, 5) is 27.0. The highest BCUT2D eigenvalue weighted by atomic mass is 19.4. The Hall–Kier alpha value is -2.19. The second-order valence-electron chi connectivity index (χ2n) is 2.39. The minimum atomic E-state index is -5.08. The van der Waals surface area contributed by atoms with Crippen LogP contribution in [0.4, 0.5) is 13.2 Å². The second kappa shape index (κ2) is 6.40. The van der Waals surface area contributed by atoms with Gasteiger partial charge in [-0.2, -0.15) is 13.2 Å². The first-order chi connectivity index (χ1) is 7.79. The topological polar surface area (TPSA) is 89.4 Å². The molecule has 9 heteroatoms. The average molecular weight is 252 g/mol. The molecule has 1 rings (SSSR count). The number of hydrogen-bond acceptors (Lipinski definition) is 5. The third kappa shape index (κ3) is 6.07. The van der Waals surface area contributed by atoms with Crippen molar-refractivity contribution < 1.29 is 32.6 Å². The van der Waals surface area contributed by atoms with Crippen molar-refractivity contribution in [2.75, 3.05) is 7.11 Å². The molecule has 17 heavy (non-hydrogen) atoms. The van der Waals surface area contributed by atoms with Crippen molar-refractivity contribution in [3.63, 3.8) is 0 Å². The van der Waals surface area contributed by atoms with Crippen LogP contribution in [0, 0.1) is 0 Å². The van der Waals surface area contributed by atoms with Gasteiger partial charge >= 0.3 is 18.1 Å². The Morgan fingerprint density at radius 2 is 1.88 bits per heavy atom. The van der Waals surface area contributed by atoms with Gasteiger partial charge in [0.05, 0.1) is 13.3 Å². The van der Waals surface area contributed by atoms with E-state index >= 15 is 0 Å². The highest BCUT2D eigenvalue weighted by Crippen LogP contribution is 2.13. The molecule has 0 saturated carbocycles. The van der Waals surface area contributed by atoms with Crippen molar-refractivity contribution in [3.8, 4) is 0 Å². The molecule has 1 aromatic rings. The van der Waals surface area contributed by atoms with E-state index in [1.165, 1.54) is 25.7 Å². The number of hydrogen-bond donors (Lipinski definition) is 1. The van der Waals surface area contributed by atoms with E-state index in [-0.39, 0.29) is 5.69 Å². The summed E-state index contributed by atoms with van der Waals surface area (Å²) in [5, 5.41) is 7.12. The summed E-state index contributed by atoms with van der Waals surface area (Å²) in [5.74, 6) is -3.22. The van der Waals surface area contributed by atoms with E-state index < -0.39 is 18.1 Å². The number of alkyl halides is 3. The number of aromatic nitrogens is 2. The smallest absolute Gasteiger partial charge is 0.475 e. The van der Waals surface area contributed by atoms with Gasteiger partial charge in [-0.05, 0) is 0 Å². The summed E-state index contributed by atoms with van der Waals surface area (Å²) in [7, 11) is 1.30. The van der Waals surface area contributed by atoms with Crippen LogP contribution >= 0.6 is 0 Å². The van der Waals surface area contributed by atoms with Crippen LogP contribution in [0.5, 0.6) is 0 Å². The van der Waals surface area contributed by atoms with Crippen LogP contribution in [0.3, 0.4) is 0 Å².